The first-order valence-corrected chi connectivity index (χ1v) is 5.32. The van der Waals surface area contributed by atoms with E-state index in [1.807, 2.05) is 13.8 Å². The molecular formula is C12H16F3NO. The molecule has 0 aliphatic carbocycles. The molecule has 1 rings (SSSR count). The van der Waals surface area contributed by atoms with E-state index in [1.165, 1.54) is 13.2 Å². The first kappa shape index (κ1) is 13.8. The summed E-state index contributed by atoms with van der Waals surface area (Å²) in [6.45, 7) is 4.28. The molecule has 0 atom stereocenters. The van der Waals surface area contributed by atoms with Crippen molar-refractivity contribution in [3.8, 4) is 5.75 Å². The molecule has 17 heavy (non-hydrogen) atoms. The Morgan fingerprint density at radius 2 is 1.94 bits per heavy atom. The summed E-state index contributed by atoms with van der Waals surface area (Å²) in [6, 6.07) is 4.32. The van der Waals surface area contributed by atoms with Crippen LogP contribution in [0.25, 0.3) is 0 Å². The fraction of sp³-hybridized carbons (Fsp3) is 0.500. The maximum absolute atomic E-state index is 12.7. The van der Waals surface area contributed by atoms with Crippen molar-refractivity contribution < 1.29 is 17.9 Å². The Hall–Kier alpha value is -1.23. The highest BCUT2D eigenvalue weighted by atomic mass is 19.4. The van der Waals surface area contributed by atoms with Crippen molar-refractivity contribution in [2.24, 2.45) is 0 Å². The van der Waals surface area contributed by atoms with Gasteiger partial charge in [-0.25, -0.2) is 0 Å². The van der Waals surface area contributed by atoms with Gasteiger partial charge in [0.25, 0.3) is 0 Å². The van der Waals surface area contributed by atoms with Gasteiger partial charge >= 0.3 is 6.18 Å². The van der Waals surface area contributed by atoms with Gasteiger partial charge in [0.05, 0.1) is 12.7 Å². The summed E-state index contributed by atoms with van der Waals surface area (Å²) >= 11 is 0. The Morgan fingerprint density at radius 3 is 2.41 bits per heavy atom. The lowest BCUT2D eigenvalue weighted by Gasteiger charge is -2.14. The van der Waals surface area contributed by atoms with Crippen molar-refractivity contribution in [3.63, 3.8) is 0 Å². The highest BCUT2D eigenvalue weighted by Gasteiger charge is 2.34. The van der Waals surface area contributed by atoms with E-state index >= 15 is 0 Å². The van der Waals surface area contributed by atoms with Gasteiger partial charge in [-0.15, -0.1) is 0 Å². The molecular weight excluding hydrogens is 231 g/mol. The average molecular weight is 247 g/mol. The van der Waals surface area contributed by atoms with Crippen LogP contribution in [-0.4, -0.2) is 13.2 Å². The summed E-state index contributed by atoms with van der Waals surface area (Å²) in [5.41, 5.74) is -0.144. The zero-order chi connectivity index (χ0) is 13.1. The molecule has 0 heterocycles. The molecule has 0 bridgehead atoms. The van der Waals surface area contributed by atoms with Crippen molar-refractivity contribution >= 4 is 0 Å². The Bertz CT molecular complexity index is 375. The van der Waals surface area contributed by atoms with Gasteiger partial charge in [-0.1, -0.05) is 19.9 Å². The predicted molar refractivity (Wildman–Crippen MR) is 60.0 cm³/mol. The number of ether oxygens (including phenoxy) is 1. The molecule has 1 aromatic carbocycles. The molecule has 0 aliphatic rings. The maximum Gasteiger partial charge on any atom is 0.419 e. The number of alkyl halides is 3. The summed E-state index contributed by atoms with van der Waals surface area (Å²) in [5, 5.41) is 3.07. The lowest BCUT2D eigenvalue weighted by molar-refractivity contribution is -0.138. The SMILES string of the molecule is COc1ccc(CNC(C)C)cc1C(F)(F)F. The standard InChI is InChI=1S/C12H16F3NO/c1-8(2)16-7-9-4-5-11(17-3)10(6-9)12(13,14)15/h4-6,8,16H,7H2,1-3H3. The third-order valence-electron chi connectivity index (χ3n) is 2.28. The number of hydrogen-bond donors (Lipinski definition) is 1. The molecule has 0 unspecified atom stereocenters. The van der Waals surface area contributed by atoms with E-state index in [4.69, 9.17) is 4.74 Å². The summed E-state index contributed by atoms with van der Waals surface area (Å²) < 4.78 is 42.9. The number of halogens is 3. The molecule has 1 aromatic rings. The van der Waals surface area contributed by atoms with Crippen molar-refractivity contribution in [1.29, 1.82) is 0 Å². The minimum absolute atomic E-state index is 0.147. The van der Waals surface area contributed by atoms with Crippen LogP contribution in [-0.2, 0) is 12.7 Å². The molecule has 0 aromatic heterocycles. The van der Waals surface area contributed by atoms with Gasteiger partial charge in [0, 0.05) is 12.6 Å². The highest BCUT2D eigenvalue weighted by Crippen LogP contribution is 2.36. The normalized spacial score (nSPS) is 11.9. The van der Waals surface area contributed by atoms with E-state index in [0.717, 1.165) is 6.07 Å². The molecule has 2 nitrogen and oxygen atoms in total. The van der Waals surface area contributed by atoms with Gasteiger partial charge in [-0.3, -0.25) is 0 Å². The molecule has 1 N–H and O–H groups in total. The van der Waals surface area contributed by atoms with Gasteiger partial charge in [0.1, 0.15) is 5.75 Å². The number of nitrogens with one attached hydrogen (secondary N) is 1. The summed E-state index contributed by atoms with van der Waals surface area (Å²) in [6.07, 6.45) is -4.39. The third-order valence-corrected chi connectivity index (χ3v) is 2.28. The van der Waals surface area contributed by atoms with E-state index in [0.29, 0.717) is 12.1 Å². The first-order valence-electron chi connectivity index (χ1n) is 5.32. The van der Waals surface area contributed by atoms with E-state index in [9.17, 15) is 13.2 Å². The van der Waals surface area contributed by atoms with Crippen molar-refractivity contribution in [3.05, 3.63) is 29.3 Å². The summed E-state index contributed by atoms with van der Waals surface area (Å²) in [4.78, 5) is 0. The predicted octanol–water partition coefficient (Wildman–Crippen LogP) is 3.21. The largest absolute Gasteiger partial charge is 0.496 e. The second-order valence-corrected chi connectivity index (χ2v) is 4.07. The summed E-state index contributed by atoms with van der Waals surface area (Å²) in [7, 11) is 1.23. The summed E-state index contributed by atoms with van der Waals surface area (Å²) in [5.74, 6) is -0.147. The molecule has 0 saturated carbocycles. The number of methoxy groups -OCH3 is 1. The van der Waals surface area contributed by atoms with Crippen molar-refractivity contribution in [2.75, 3.05) is 7.11 Å². The van der Waals surface area contributed by atoms with Gasteiger partial charge in [-0.05, 0) is 17.7 Å². The fourth-order valence-electron chi connectivity index (χ4n) is 1.41. The van der Waals surface area contributed by atoms with Gasteiger partial charge in [0.15, 0.2) is 0 Å². The Morgan fingerprint density at radius 1 is 1.29 bits per heavy atom. The Labute approximate surface area is 98.8 Å². The van der Waals surface area contributed by atoms with E-state index in [2.05, 4.69) is 5.32 Å². The van der Waals surface area contributed by atoms with Crippen molar-refractivity contribution in [2.45, 2.75) is 32.6 Å². The van der Waals surface area contributed by atoms with Gasteiger partial charge in [0.2, 0.25) is 0 Å². The minimum atomic E-state index is -4.39. The number of rotatable bonds is 4. The quantitative estimate of drug-likeness (QED) is 0.882. The second-order valence-electron chi connectivity index (χ2n) is 4.07. The number of hydrogen-bond acceptors (Lipinski definition) is 2. The van der Waals surface area contributed by atoms with Crippen LogP contribution < -0.4 is 10.1 Å². The molecule has 96 valence electrons. The van der Waals surface area contributed by atoms with E-state index < -0.39 is 11.7 Å². The van der Waals surface area contributed by atoms with Crippen LogP contribution in [0.5, 0.6) is 5.75 Å². The maximum atomic E-state index is 12.7. The van der Waals surface area contributed by atoms with Crippen LogP contribution in [0.4, 0.5) is 13.2 Å². The van der Waals surface area contributed by atoms with Crippen LogP contribution in [0.15, 0.2) is 18.2 Å². The van der Waals surface area contributed by atoms with Crippen LogP contribution in [0.3, 0.4) is 0 Å². The van der Waals surface area contributed by atoms with Crippen LogP contribution >= 0.6 is 0 Å². The first-order chi connectivity index (χ1) is 7.84. The van der Waals surface area contributed by atoms with Crippen LogP contribution in [0.2, 0.25) is 0 Å². The molecule has 0 spiro atoms. The lowest BCUT2D eigenvalue weighted by atomic mass is 10.1. The fourth-order valence-corrected chi connectivity index (χ4v) is 1.41. The lowest BCUT2D eigenvalue weighted by Crippen LogP contribution is -2.22. The zero-order valence-corrected chi connectivity index (χ0v) is 10.1. The zero-order valence-electron chi connectivity index (χ0n) is 10.1. The van der Waals surface area contributed by atoms with Crippen molar-refractivity contribution in [1.82, 2.24) is 5.32 Å². The molecule has 0 radical (unpaired) electrons. The molecule has 0 amide bonds. The number of benzene rings is 1. The molecule has 5 heteroatoms. The molecule has 0 fully saturated rings. The van der Waals surface area contributed by atoms with Gasteiger partial charge in [-0.2, -0.15) is 13.2 Å². The highest BCUT2D eigenvalue weighted by molar-refractivity contribution is 5.39. The average Bonchev–Trinajstić information content (AvgIpc) is 2.24. The Kier molecular flexibility index (Phi) is 4.40. The molecule has 0 saturated heterocycles. The topological polar surface area (TPSA) is 21.3 Å². The second kappa shape index (κ2) is 5.40. The van der Waals surface area contributed by atoms with Crippen LogP contribution in [0, 0.1) is 0 Å². The monoisotopic (exact) mass is 247 g/mol. The Balaban J connectivity index is 2.97. The third kappa shape index (κ3) is 3.93. The molecule has 0 aliphatic heterocycles. The van der Waals surface area contributed by atoms with E-state index in [-0.39, 0.29) is 11.8 Å². The minimum Gasteiger partial charge on any atom is -0.496 e. The van der Waals surface area contributed by atoms with Crippen LogP contribution in [0.1, 0.15) is 25.0 Å². The smallest absolute Gasteiger partial charge is 0.419 e. The van der Waals surface area contributed by atoms with E-state index in [1.54, 1.807) is 6.07 Å². The van der Waals surface area contributed by atoms with Gasteiger partial charge < -0.3 is 10.1 Å².